The topological polar surface area (TPSA) is 52.7 Å². The van der Waals surface area contributed by atoms with Gasteiger partial charge in [0, 0.05) is 26.2 Å². The summed E-state index contributed by atoms with van der Waals surface area (Å²) in [5.41, 5.74) is 0. The second-order valence-corrected chi connectivity index (χ2v) is 7.16. The van der Waals surface area contributed by atoms with Gasteiger partial charge in [0.25, 0.3) is 10.2 Å². The Hall–Kier alpha value is -0.170. The molecule has 0 amide bonds. The summed E-state index contributed by atoms with van der Waals surface area (Å²) in [5, 5.41) is 0. The van der Waals surface area contributed by atoms with E-state index < -0.39 is 10.2 Å². The highest BCUT2D eigenvalue weighted by Gasteiger charge is 2.20. The molecule has 1 fully saturated rings. The van der Waals surface area contributed by atoms with Gasteiger partial charge in [-0.3, -0.25) is 0 Å². The van der Waals surface area contributed by atoms with E-state index in [1.54, 1.807) is 0 Å². The Morgan fingerprint density at radius 3 is 2.26 bits per heavy atom. The summed E-state index contributed by atoms with van der Waals surface area (Å²) in [6, 6.07) is 0. The molecule has 1 rings (SSSR count). The standard InChI is InChI=1S/C13H29N3O2S/c1-4-16(5-2)19(17,18)14-11-13(3)12-15-9-7-6-8-10-15/h13-14H,4-12H2,1-3H3. The molecule has 0 spiro atoms. The minimum Gasteiger partial charge on any atom is -0.303 e. The van der Waals surface area contributed by atoms with E-state index >= 15 is 0 Å². The van der Waals surface area contributed by atoms with E-state index in [-0.39, 0.29) is 0 Å². The average Bonchev–Trinajstić information content (AvgIpc) is 2.39. The fourth-order valence-corrected chi connectivity index (χ4v) is 3.91. The van der Waals surface area contributed by atoms with Crippen LogP contribution in [0.3, 0.4) is 0 Å². The molecule has 1 N–H and O–H groups in total. The molecule has 1 unspecified atom stereocenters. The number of hydrogen-bond donors (Lipinski definition) is 1. The van der Waals surface area contributed by atoms with E-state index in [4.69, 9.17) is 0 Å². The van der Waals surface area contributed by atoms with Gasteiger partial charge in [-0.15, -0.1) is 0 Å². The van der Waals surface area contributed by atoms with Gasteiger partial charge in [0.15, 0.2) is 0 Å². The number of nitrogens with zero attached hydrogens (tertiary/aromatic N) is 2. The van der Waals surface area contributed by atoms with E-state index in [0.717, 1.165) is 19.6 Å². The van der Waals surface area contributed by atoms with Crippen molar-refractivity contribution in [3.8, 4) is 0 Å². The van der Waals surface area contributed by atoms with E-state index in [1.807, 2.05) is 13.8 Å². The minimum absolute atomic E-state index is 0.350. The Labute approximate surface area is 118 Å². The van der Waals surface area contributed by atoms with Gasteiger partial charge in [0.05, 0.1) is 0 Å². The van der Waals surface area contributed by atoms with Crippen LogP contribution in [-0.4, -0.2) is 56.9 Å². The molecule has 19 heavy (non-hydrogen) atoms. The zero-order chi connectivity index (χ0) is 14.3. The summed E-state index contributed by atoms with van der Waals surface area (Å²) in [4.78, 5) is 2.44. The molecule has 5 nitrogen and oxygen atoms in total. The van der Waals surface area contributed by atoms with Gasteiger partial charge in [-0.2, -0.15) is 12.7 Å². The number of piperidine rings is 1. The smallest absolute Gasteiger partial charge is 0.279 e. The molecule has 114 valence electrons. The third kappa shape index (κ3) is 5.77. The lowest BCUT2D eigenvalue weighted by atomic mass is 10.1. The van der Waals surface area contributed by atoms with E-state index in [1.165, 1.54) is 23.6 Å². The van der Waals surface area contributed by atoms with Gasteiger partial charge in [-0.1, -0.05) is 27.2 Å². The lowest BCUT2D eigenvalue weighted by molar-refractivity contribution is 0.201. The maximum absolute atomic E-state index is 12.0. The number of hydrogen-bond acceptors (Lipinski definition) is 3. The molecule has 1 aliphatic rings. The normalized spacial score (nSPS) is 19.8. The third-order valence-corrected chi connectivity index (χ3v) is 5.41. The summed E-state index contributed by atoms with van der Waals surface area (Å²) in [6.07, 6.45) is 3.88. The van der Waals surface area contributed by atoms with Crippen LogP contribution in [-0.2, 0) is 10.2 Å². The predicted molar refractivity (Wildman–Crippen MR) is 79.3 cm³/mol. The second-order valence-electron chi connectivity index (χ2n) is 5.40. The predicted octanol–water partition coefficient (Wildman–Crippen LogP) is 1.28. The summed E-state index contributed by atoms with van der Waals surface area (Å²) in [5.74, 6) is 0.350. The number of likely N-dealkylation sites (tertiary alicyclic amines) is 1. The highest BCUT2D eigenvalue weighted by molar-refractivity contribution is 7.87. The Balaban J connectivity index is 2.34. The molecule has 0 aromatic carbocycles. The van der Waals surface area contributed by atoms with Crippen molar-refractivity contribution in [2.24, 2.45) is 5.92 Å². The zero-order valence-electron chi connectivity index (χ0n) is 12.6. The van der Waals surface area contributed by atoms with Crippen molar-refractivity contribution in [1.29, 1.82) is 0 Å². The summed E-state index contributed by atoms with van der Waals surface area (Å²) < 4.78 is 28.2. The Morgan fingerprint density at radius 1 is 1.16 bits per heavy atom. The third-order valence-electron chi connectivity index (χ3n) is 3.68. The van der Waals surface area contributed by atoms with Gasteiger partial charge < -0.3 is 4.90 Å². The molecule has 0 aromatic heterocycles. The van der Waals surface area contributed by atoms with Crippen LogP contribution in [0.2, 0.25) is 0 Å². The molecule has 1 saturated heterocycles. The molecule has 1 atom stereocenters. The molecule has 0 aromatic rings. The van der Waals surface area contributed by atoms with Gasteiger partial charge in [0.2, 0.25) is 0 Å². The van der Waals surface area contributed by atoms with Crippen molar-refractivity contribution in [2.45, 2.75) is 40.0 Å². The van der Waals surface area contributed by atoms with Crippen LogP contribution in [0.4, 0.5) is 0 Å². The largest absolute Gasteiger partial charge is 0.303 e. The molecule has 1 aliphatic heterocycles. The van der Waals surface area contributed by atoms with Crippen molar-refractivity contribution in [2.75, 3.05) is 39.3 Å². The monoisotopic (exact) mass is 291 g/mol. The first-order chi connectivity index (χ1) is 8.99. The first-order valence-electron chi connectivity index (χ1n) is 7.46. The summed E-state index contributed by atoms with van der Waals surface area (Å²) in [7, 11) is -3.29. The fraction of sp³-hybridized carbons (Fsp3) is 1.00. The van der Waals surface area contributed by atoms with E-state index in [2.05, 4.69) is 16.5 Å². The maximum atomic E-state index is 12.0. The molecule has 0 radical (unpaired) electrons. The van der Waals surface area contributed by atoms with Crippen molar-refractivity contribution in [1.82, 2.24) is 13.9 Å². The van der Waals surface area contributed by atoms with Crippen LogP contribution in [0, 0.1) is 5.92 Å². The SMILES string of the molecule is CCN(CC)S(=O)(=O)NCC(C)CN1CCCCC1. The molecule has 0 saturated carbocycles. The van der Waals surface area contributed by atoms with E-state index in [9.17, 15) is 8.42 Å². The van der Waals surface area contributed by atoms with Gasteiger partial charge in [-0.25, -0.2) is 4.72 Å². The second kappa shape index (κ2) is 8.19. The lowest BCUT2D eigenvalue weighted by Crippen LogP contribution is -2.44. The highest BCUT2D eigenvalue weighted by atomic mass is 32.2. The first kappa shape index (κ1) is 16.9. The Morgan fingerprint density at radius 2 is 1.74 bits per heavy atom. The van der Waals surface area contributed by atoms with Gasteiger partial charge in [-0.05, 0) is 31.8 Å². The zero-order valence-corrected chi connectivity index (χ0v) is 13.4. The molecular weight excluding hydrogens is 262 g/mol. The van der Waals surface area contributed by atoms with Crippen molar-refractivity contribution >= 4 is 10.2 Å². The molecule has 0 bridgehead atoms. The number of rotatable bonds is 8. The van der Waals surface area contributed by atoms with Crippen LogP contribution in [0.25, 0.3) is 0 Å². The molecule has 6 heteroatoms. The van der Waals surface area contributed by atoms with E-state index in [0.29, 0.717) is 25.6 Å². The minimum atomic E-state index is -3.29. The summed E-state index contributed by atoms with van der Waals surface area (Å²) in [6.45, 7) is 10.7. The average molecular weight is 291 g/mol. The molecule has 1 heterocycles. The molecular formula is C13H29N3O2S. The fourth-order valence-electron chi connectivity index (χ4n) is 2.55. The van der Waals surface area contributed by atoms with Crippen LogP contribution >= 0.6 is 0 Å². The van der Waals surface area contributed by atoms with Crippen LogP contribution in [0.5, 0.6) is 0 Å². The number of nitrogens with one attached hydrogen (secondary N) is 1. The quantitative estimate of drug-likeness (QED) is 0.733. The first-order valence-corrected chi connectivity index (χ1v) is 8.90. The Bertz CT molecular complexity index is 336. The van der Waals surface area contributed by atoms with Crippen LogP contribution in [0.1, 0.15) is 40.0 Å². The maximum Gasteiger partial charge on any atom is 0.279 e. The molecule has 0 aliphatic carbocycles. The highest BCUT2D eigenvalue weighted by Crippen LogP contribution is 2.10. The lowest BCUT2D eigenvalue weighted by Gasteiger charge is -2.29. The van der Waals surface area contributed by atoms with Crippen LogP contribution < -0.4 is 4.72 Å². The van der Waals surface area contributed by atoms with Crippen molar-refractivity contribution in [3.63, 3.8) is 0 Å². The van der Waals surface area contributed by atoms with Crippen molar-refractivity contribution in [3.05, 3.63) is 0 Å². The van der Waals surface area contributed by atoms with Gasteiger partial charge in [0.1, 0.15) is 0 Å². The van der Waals surface area contributed by atoms with Gasteiger partial charge >= 0.3 is 0 Å². The Kier molecular flexibility index (Phi) is 7.28. The summed E-state index contributed by atoms with van der Waals surface area (Å²) >= 11 is 0. The van der Waals surface area contributed by atoms with Crippen LogP contribution in [0.15, 0.2) is 0 Å². The van der Waals surface area contributed by atoms with Crippen molar-refractivity contribution < 1.29 is 8.42 Å².